The zero-order valence-corrected chi connectivity index (χ0v) is 28.0. The number of aromatic nitrogens is 3. The highest BCUT2D eigenvalue weighted by molar-refractivity contribution is 7.54. The molecule has 2 aromatic rings. The lowest BCUT2D eigenvalue weighted by Crippen LogP contribution is -2.43. The molecule has 0 aliphatic carbocycles. The van der Waals surface area contributed by atoms with Gasteiger partial charge in [0.1, 0.15) is 30.0 Å². The Labute approximate surface area is 265 Å². The van der Waals surface area contributed by atoms with Crippen LogP contribution in [-0.4, -0.2) is 64.5 Å². The minimum atomic E-state index is -4.08. The van der Waals surface area contributed by atoms with Crippen molar-refractivity contribution in [1.82, 2.24) is 24.8 Å². The standard InChI is InChI=1S/C30H48N7O7P/c1-7-22(8-2)15-41-28(38)20(5)35-45(40,36-21(6)29(39)42-16-23(9-3)10-4)43-17-24-13-14-30(18-31,44-24)26-12-11-25-27(32)33-19-34-37(25)26/h11-12,19-24H,7-10,13-17H2,1-6H3,(H2,32,33,34)(H2,35,36,40)/t20-,21-,24-,30-/m0/s1. The fraction of sp³-hybridized carbons (Fsp3) is 0.700. The van der Waals surface area contributed by atoms with Crippen molar-refractivity contribution in [3.8, 4) is 6.07 Å². The van der Waals surface area contributed by atoms with Crippen molar-refractivity contribution >= 4 is 30.9 Å². The third kappa shape index (κ3) is 9.24. The van der Waals surface area contributed by atoms with Gasteiger partial charge in [0.2, 0.25) is 0 Å². The summed E-state index contributed by atoms with van der Waals surface area (Å²) in [6.45, 7) is 11.4. The predicted molar refractivity (Wildman–Crippen MR) is 168 cm³/mol. The zero-order valence-electron chi connectivity index (χ0n) is 27.2. The van der Waals surface area contributed by atoms with Gasteiger partial charge in [-0.2, -0.15) is 10.4 Å². The second-order valence-electron chi connectivity index (χ2n) is 11.6. The maximum absolute atomic E-state index is 14.2. The van der Waals surface area contributed by atoms with Gasteiger partial charge in [-0.3, -0.25) is 14.2 Å². The van der Waals surface area contributed by atoms with Crippen LogP contribution in [0.4, 0.5) is 5.82 Å². The van der Waals surface area contributed by atoms with Crippen molar-refractivity contribution < 1.29 is 32.9 Å². The largest absolute Gasteiger partial charge is 0.464 e. The van der Waals surface area contributed by atoms with Crippen molar-refractivity contribution in [2.75, 3.05) is 25.6 Å². The first kappa shape index (κ1) is 36.4. The molecule has 15 heteroatoms. The number of ether oxygens (including phenoxy) is 3. The number of carbonyl (C=O) groups excluding carboxylic acids is 2. The lowest BCUT2D eigenvalue weighted by molar-refractivity contribution is -0.147. The highest BCUT2D eigenvalue weighted by Crippen LogP contribution is 2.44. The topological polar surface area (TPSA) is 192 Å². The molecule has 45 heavy (non-hydrogen) atoms. The molecule has 1 fully saturated rings. The number of nitrogens with one attached hydrogen (secondary N) is 2. The number of nitrogens with zero attached hydrogens (tertiary/aromatic N) is 4. The Balaban J connectivity index is 1.73. The summed E-state index contributed by atoms with van der Waals surface area (Å²) in [5, 5.41) is 19.9. The first-order valence-corrected chi connectivity index (χ1v) is 17.4. The molecule has 1 aliphatic rings. The van der Waals surface area contributed by atoms with E-state index in [1.807, 2.05) is 27.7 Å². The number of carbonyl (C=O) groups is 2. The Morgan fingerprint density at radius 2 is 1.64 bits per heavy atom. The van der Waals surface area contributed by atoms with E-state index in [1.54, 1.807) is 12.1 Å². The summed E-state index contributed by atoms with van der Waals surface area (Å²) in [4.78, 5) is 29.6. The Morgan fingerprint density at radius 1 is 1.09 bits per heavy atom. The predicted octanol–water partition coefficient (Wildman–Crippen LogP) is 4.25. The van der Waals surface area contributed by atoms with E-state index in [1.165, 1.54) is 24.7 Å². The fourth-order valence-electron chi connectivity index (χ4n) is 5.08. The van der Waals surface area contributed by atoms with E-state index in [-0.39, 0.29) is 37.5 Å². The molecule has 0 unspecified atom stereocenters. The number of rotatable bonds is 18. The number of hydrogen-bond acceptors (Lipinski definition) is 11. The van der Waals surface area contributed by atoms with E-state index in [4.69, 9.17) is 24.5 Å². The first-order valence-electron chi connectivity index (χ1n) is 15.8. The highest BCUT2D eigenvalue weighted by Gasteiger charge is 2.45. The van der Waals surface area contributed by atoms with Crippen molar-refractivity contribution in [3.05, 3.63) is 24.2 Å². The molecule has 0 aromatic carbocycles. The normalized spacial score (nSPS) is 19.9. The molecule has 1 saturated heterocycles. The second kappa shape index (κ2) is 16.5. The van der Waals surface area contributed by atoms with Gasteiger partial charge >= 0.3 is 19.6 Å². The Hall–Kier alpha value is -3.08. The van der Waals surface area contributed by atoms with Crippen molar-refractivity contribution in [2.24, 2.45) is 11.8 Å². The minimum Gasteiger partial charge on any atom is -0.464 e. The SMILES string of the molecule is CCC(CC)COC(=O)[C@H](C)NP(=O)(N[C@@H](C)C(=O)OCC(CC)CC)OC[C@@H]1CC[C@](C#N)(c2ccc3c(N)ncnn23)O1. The van der Waals surface area contributed by atoms with Crippen LogP contribution >= 0.6 is 7.67 Å². The average molecular weight is 650 g/mol. The van der Waals surface area contributed by atoms with Gasteiger partial charge < -0.3 is 24.5 Å². The molecular weight excluding hydrogens is 601 g/mol. The third-order valence-electron chi connectivity index (χ3n) is 8.37. The molecule has 0 saturated carbocycles. The third-order valence-corrected chi connectivity index (χ3v) is 10.3. The van der Waals surface area contributed by atoms with Gasteiger partial charge in [-0.25, -0.2) is 19.7 Å². The fourth-order valence-corrected chi connectivity index (χ4v) is 6.91. The van der Waals surface area contributed by atoms with Crippen LogP contribution in [0.2, 0.25) is 0 Å². The molecule has 0 spiro atoms. The number of fused-ring (bicyclic) bond motifs is 1. The Bertz CT molecular complexity index is 1330. The summed E-state index contributed by atoms with van der Waals surface area (Å²) in [7, 11) is -4.08. The van der Waals surface area contributed by atoms with Crippen molar-refractivity contribution in [3.63, 3.8) is 0 Å². The van der Waals surface area contributed by atoms with Crippen LogP contribution in [0.25, 0.3) is 5.52 Å². The molecule has 2 aromatic heterocycles. The smallest absolute Gasteiger partial charge is 0.342 e. The summed E-state index contributed by atoms with van der Waals surface area (Å²) in [6, 6.07) is 3.64. The van der Waals surface area contributed by atoms with Crippen molar-refractivity contribution in [2.45, 2.75) is 104 Å². The lowest BCUT2D eigenvalue weighted by Gasteiger charge is -2.28. The quantitative estimate of drug-likeness (QED) is 0.153. The van der Waals surface area contributed by atoms with E-state index < -0.39 is 43.4 Å². The van der Waals surface area contributed by atoms with Gasteiger partial charge in [0, 0.05) is 0 Å². The molecule has 0 radical (unpaired) electrons. The van der Waals surface area contributed by atoms with E-state index >= 15 is 0 Å². The highest BCUT2D eigenvalue weighted by atomic mass is 31.2. The summed E-state index contributed by atoms with van der Waals surface area (Å²) in [5.41, 5.74) is 5.64. The number of esters is 2. The van der Waals surface area contributed by atoms with Crippen LogP contribution in [0, 0.1) is 23.2 Å². The van der Waals surface area contributed by atoms with Crippen LogP contribution < -0.4 is 15.9 Å². The molecule has 0 amide bonds. The first-order chi connectivity index (χ1) is 21.4. The maximum atomic E-state index is 14.2. The average Bonchev–Trinajstić information content (AvgIpc) is 3.67. The minimum absolute atomic E-state index is 0.202. The molecule has 0 bridgehead atoms. The monoisotopic (exact) mass is 649 g/mol. The lowest BCUT2D eigenvalue weighted by atomic mass is 9.98. The number of nitrogen functional groups attached to an aromatic ring is 1. The van der Waals surface area contributed by atoms with Crippen LogP contribution in [-0.2, 0) is 38.5 Å². The molecule has 3 heterocycles. The molecule has 4 N–H and O–H groups in total. The Kier molecular flexibility index (Phi) is 13.3. The molecule has 3 rings (SSSR count). The van der Waals surface area contributed by atoms with Gasteiger partial charge in [-0.1, -0.05) is 53.4 Å². The molecule has 4 atom stereocenters. The van der Waals surface area contributed by atoms with E-state index in [9.17, 15) is 19.4 Å². The van der Waals surface area contributed by atoms with E-state index in [2.05, 4.69) is 26.3 Å². The summed E-state index contributed by atoms with van der Waals surface area (Å²) in [5.74, 6) is -0.502. The molecule has 250 valence electrons. The van der Waals surface area contributed by atoms with Gasteiger partial charge in [0.15, 0.2) is 11.4 Å². The van der Waals surface area contributed by atoms with E-state index in [0.29, 0.717) is 24.1 Å². The zero-order chi connectivity index (χ0) is 33.2. The number of anilines is 1. The Morgan fingerprint density at radius 3 is 2.16 bits per heavy atom. The molecule has 1 aliphatic heterocycles. The molecular formula is C30H48N7O7P. The maximum Gasteiger partial charge on any atom is 0.342 e. The van der Waals surface area contributed by atoms with Gasteiger partial charge in [-0.15, -0.1) is 0 Å². The number of nitrogens with two attached hydrogens (primary N) is 1. The van der Waals surface area contributed by atoms with Crippen molar-refractivity contribution in [1.29, 1.82) is 5.26 Å². The summed E-state index contributed by atoms with van der Waals surface area (Å²) in [6.07, 6.45) is 4.81. The van der Waals surface area contributed by atoms with Gasteiger partial charge in [-0.05, 0) is 50.7 Å². The molecule has 14 nitrogen and oxygen atoms in total. The summed E-state index contributed by atoms with van der Waals surface area (Å²) < 4.78 is 38.7. The van der Waals surface area contributed by atoms with Gasteiger partial charge in [0.05, 0.1) is 31.6 Å². The van der Waals surface area contributed by atoms with Gasteiger partial charge in [0.25, 0.3) is 0 Å². The number of nitriles is 1. The number of hydrogen-bond donors (Lipinski definition) is 3. The van der Waals surface area contributed by atoms with Crippen LogP contribution in [0.3, 0.4) is 0 Å². The summed E-state index contributed by atoms with van der Waals surface area (Å²) >= 11 is 0. The van der Waals surface area contributed by atoms with Crippen LogP contribution in [0.15, 0.2) is 18.5 Å². The van der Waals surface area contributed by atoms with Crippen LogP contribution in [0.1, 0.15) is 85.8 Å². The van der Waals surface area contributed by atoms with E-state index in [0.717, 1.165) is 25.7 Å². The van der Waals surface area contributed by atoms with Crippen LogP contribution in [0.5, 0.6) is 0 Å². The second-order valence-corrected chi connectivity index (χ2v) is 13.4.